The molecule has 0 aliphatic rings. The lowest BCUT2D eigenvalue weighted by molar-refractivity contribution is 0.234. The third-order valence-corrected chi connectivity index (χ3v) is 3.29. The Bertz CT molecular complexity index is 407. The Morgan fingerprint density at radius 2 is 1.70 bits per heavy atom. The number of amides is 2. The molecule has 0 radical (unpaired) electrons. The Kier molecular flexibility index (Phi) is 6.05. The number of nitrogens with one attached hydrogen (secondary N) is 2. The van der Waals surface area contributed by atoms with E-state index in [0.29, 0.717) is 24.9 Å². The standard InChI is InChI=1S/C17H28N2O/c1-13(2)15(14-9-7-6-8-10-14)11-18-16(20)19-12-17(3,4)5/h6-10,13,15H,11-12H2,1-5H3,(H2,18,19,20). The molecule has 1 atom stereocenters. The van der Waals surface area contributed by atoms with E-state index in [1.54, 1.807) is 0 Å². The van der Waals surface area contributed by atoms with Crippen molar-refractivity contribution in [2.45, 2.75) is 40.5 Å². The van der Waals surface area contributed by atoms with E-state index in [9.17, 15) is 4.79 Å². The minimum absolute atomic E-state index is 0.0819. The van der Waals surface area contributed by atoms with Gasteiger partial charge in [0.15, 0.2) is 0 Å². The number of carbonyl (C=O) groups is 1. The van der Waals surface area contributed by atoms with E-state index in [0.717, 1.165) is 0 Å². The van der Waals surface area contributed by atoms with Gasteiger partial charge >= 0.3 is 6.03 Å². The van der Waals surface area contributed by atoms with E-state index < -0.39 is 0 Å². The molecule has 1 aromatic carbocycles. The Morgan fingerprint density at radius 3 is 2.20 bits per heavy atom. The van der Waals surface area contributed by atoms with E-state index in [4.69, 9.17) is 0 Å². The molecular weight excluding hydrogens is 248 g/mol. The van der Waals surface area contributed by atoms with Crippen LogP contribution in [0.4, 0.5) is 4.79 Å². The van der Waals surface area contributed by atoms with Crippen LogP contribution in [0, 0.1) is 11.3 Å². The van der Waals surface area contributed by atoms with Crippen molar-refractivity contribution in [2.24, 2.45) is 11.3 Å². The van der Waals surface area contributed by atoms with Gasteiger partial charge in [0, 0.05) is 19.0 Å². The van der Waals surface area contributed by atoms with Crippen LogP contribution in [0.2, 0.25) is 0 Å². The zero-order valence-corrected chi connectivity index (χ0v) is 13.4. The molecule has 2 N–H and O–H groups in total. The second kappa shape index (κ2) is 7.32. The lowest BCUT2D eigenvalue weighted by Crippen LogP contribution is -2.41. The molecule has 2 amide bonds. The van der Waals surface area contributed by atoms with E-state index >= 15 is 0 Å². The molecule has 1 unspecified atom stereocenters. The molecule has 3 heteroatoms. The first-order valence-corrected chi connectivity index (χ1v) is 7.36. The molecule has 0 aliphatic carbocycles. The van der Waals surface area contributed by atoms with Crippen molar-refractivity contribution in [3.8, 4) is 0 Å². The summed E-state index contributed by atoms with van der Waals surface area (Å²) in [5.41, 5.74) is 1.38. The normalized spacial score (nSPS) is 13.1. The van der Waals surface area contributed by atoms with E-state index in [1.807, 2.05) is 18.2 Å². The fourth-order valence-corrected chi connectivity index (χ4v) is 2.05. The van der Waals surface area contributed by atoms with Gasteiger partial charge in [0.2, 0.25) is 0 Å². The number of rotatable bonds is 5. The van der Waals surface area contributed by atoms with Crippen LogP contribution in [0.3, 0.4) is 0 Å². The van der Waals surface area contributed by atoms with Crippen molar-refractivity contribution in [1.29, 1.82) is 0 Å². The summed E-state index contributed by atoms with van der Waals surface area (Å²) in [6.07, 6.45) is 0. The minimum atomic E-state index is -0.0819. The number of benzene rings is 1. The smallest absolute Gasteiger partial charge is 0.314 e. The van der Waals surface area contributed by atoms with Gasteiger partial charge in [-0.15, -0.1) is 0 Å². The summed E-state index contributed by atoms with van der Waals surface area (Å²) >= 11 is 0. The maximum Gasteiger partial charge on any atom is 0.314 e. The predicted octanol–water partition coefficient (Wildman–Crippen LogP) is 3.77. The van der Waals surface area contributed by atoms with Gasteiger partial charge in [0.1, 0.15) is 0 Å². The topological polar surface area (TPSA) is 41.1 Å². The van der Waals surface area contributed by atoms with E-state index in [-0.39, 0.29) is 11.4 Å². The van der Waals surface area contributed by atoms with Gasteiger partial charge in [-0.1, -0.05) is 65.0 Å². The number of hydrogen-bond donors (Lipinski definition) is 2. The highest BCUT2D eigenvalue weighted by atomic mass is 16.2. The zero-order chi connectivity index (χ0) is 15.2. The highest BCUT2D eigenvalue weighted by Crippen LogP contribution is 2.23. The third-order valence-electron chi connectivity index (χ3n) is 3.29. The summed E-state index contributed by atoms with van der Waals surface area (Å²) in [6, 6.07) is 10.3. The van der Waals surface area contributed by atoms with Crippen LogP contribution in [-0.4, -0.2) is 19.1 Å². The quantitative estimate of drug-likeness (QED) is 0.844. The van der Waals surface area contributed by atoms with Crippen LogP contribution >= 0.6 is 0 Å². The predicted molar refractivity (Wildman–Crippen MR) is 84.9 cm³/mol. The second-order valence-electron chi connectivity index (χ2n) is 6.89. The first kappa shape index (κ1) is 16.5. The van der Waals surface area contributed by atoms with Gasteiger partial charge in [-0.05, 0) is 16.9 Å². The molecule has 0 aromatic heterocycles. The van der Waals surface area contributed by atoms with Crippen LogP contribution in [0.5, 0.6) is 0 Å². The number of hydrogen-bond acceptors (Lipinski definition) is 1. The average molecular weight is 276 g/mol. The molecule has 0 saturated carbocycles. The molecule has 112 valence electrons. The summed E-state index contributed by atoms with van der Waals surface area (Å²) in [5.74, 6) is 0.830. The minimum Gasteiger partial charge on any atom is -0.338 e. The summed E-state index contributed by atoms with van der Waals surface area (Å²) < 4.78 is 0. The average Bonchev–Trinajstić information content (AvgIpc) is 2.36. The van der Waals surface area contributed by atoms with Crippen LogP contribution < -0.4 is 10.6 Å². The third kappa shape index (κ3) is 6.09. The van der Waals surface area contributed by atoms with Gasteiger partial charge in [-0.2, -0.15) is 0 Å². The molecular formula is C17H28N2O. The van der Waals surface area contributed by atoms with Crippen molar-refractivity contribution in [3.05, 3.63) is 35.9 Å². The molecule has 0 aliphatic heterocycles. The fraction of sp³-hybridized carbons (Fsp3) is 0.588. The molecule has 1 rings (SSSR count). The Labute approximate surface area is 123 Å². The molecule has 0 saturated heterocycles. The van der Waals surface area contributed by atoms with Gasteiger partial charge in [-0.25, -0.2) is 4.79 Å². The monoisotopic (exact) mass is 276 g/mol. The maximum absolute atomic E-state index is 11.8. The Hall–Kier alpha value is -1.51. The van der Waals surface area contributed by atoms with Crippen LogP contribution in [0.1, 0.15) is 46.1 Å². The molecule has 0 fully saturated rings. The van der Waals surface area contributed by atoms with E-state index in [1.165, 1.54) is 5.56 Å². The molecule has 20 heavy (non-hydrogen) atoms. The SMILES string of the molecule is CC(C)C(CNC(=O)NCC(C)(C)C)c1ccccc1. The fourth-order valence-electron chi connectivity index (χ4n) is 2.05. The summed E-state index contributed by atoms with van der Waals surface area (Å²) in [4.78, 5) is 11.8. The van der Waals surface area contributed by atoms with Crippen LogP contribution in [0.25, 0.3) is 0 Å². The zero-order valence-electron chi connectivity index (χ0n) is 13.4. The van der Waals surface area contributed by atoms with Gasteiger partial charge in [-0.3, -0.25) is 0 Å². The van der Waals surface area contributed by atoms with Crippen molar-refractivity contribution >= 4 is 6.03 Å². The highest BCUT2D eigenvalue weighted by molar-refractivity contribution is 5.73. The van der Waals surface area contributed by atoms with Crippen molar-refractivity contribution < 1.29 is 4.79 Å². The van der Waals surface area contributed by atoms with Gasteiger partial charge < -0.3 is 10.6 Å². The molecule has 3 nitrogen and oxygen atoms in total. The molecule has 0 spiro atoms. The largest absolute Gasteiger partial charge is 0.338 e. The van der Waals surface area contributed by atoms with Crippen molar-refractivity contribution in [3.63, 3.8) is 0 Å². The Morgan fingerprint density at radius 1 is 1.10 bits per heavy atom. The second-order valence-corrected chi connectivity index (χ2v) is 6.89. The summed E-state index contributed by atoms with van der Waals surface area (Å²) in [5, 5.41) is 5.90. The molecule has 1 aromatic rings. The lowest BCUT2D eigenvalue weighted by Gasteiger charge is -2.23. The maximum atomic E-state index is 11.8. The lowest BCUT2D eigenvalue weighted by atomic mass is 9.88. The van der Waals surface area contributed by atoms with Gasteiger partial charge in [0.25, 0.3) is 0 Å². The van der Waals surface area contributed by atoms with Crippen LogP contribution in [0.15, 0.2) is 30.3 Å². The molecule has 0 heterocycles. The highest BCUT2D eigenvalue weighted by Gasteiger charge is 2.17. The first-order chi connectivity index (χ1) is 9.29. The van der Waals surface area contributed by atoms with Gasteiger partial charge in [0.05, 0.1) is 0 Å². The van der Waals surface area contributed by atoms with Crippen molar-refractivity contribution in [2.75, 3.05) is 13.1 Å². The van der Waals surface area contributed by atoms with E-state index in [2.05, 4.69) is 57.4 Å². The summed E-state index contributed by atoms with van der Waals surface area (Å²) in [6.45, 7) is 12.0. The number of urea groups is 1. The first-order valence-electron chi connectivity index (χ1n) is 7.36. The Balaban J connectivity index is 2.50. The van der Waals surface area contributed by atoms with Crippen molar-refractivity contribution in [1.82, 2.24) is 10.6 Å². The molecule has 0 bridgehead atoms. The van der Waals surface area contributed by atoms with Crippen LogP contribution in [-0.2, 0) is 0 Å². The summed E-state index contributed by atoms with van der Waals surface area (Å²) in [7, 11) is 0. The number of carbonyl (C=O) groups excluding carboxylic acids is 1.